The molecule has 10 rings (SSSR count). The number of hydrogen-bond donors (Lipinski definition) is 2. The summed E-state index contributed by atoms with van der Waals surface area (Å²) >= 11 is 0. The molecule has 3 fully saturated rings. The van der Waals surface area contributed by atoms with E-state index in [2.05, 4.69) is 26.2 Å². The van der Waals surface area contributed by atoms with Gasteiger partial charge in [-0.25, -0.2) is 18.7 Å². The average molecular weight is 763 g/mol. The zero-order chi connectivity index (χ0) is 38.5. The van der Waals surface area contributed by atoms with Crippen LogP contribution in [0.3, 0.4) is 0 Å². The van der Waals surface area contributed by atoms with Crippen LogP contribution in [0.15, 0.2) is 48.8 Å². The van der Waals surface area contributed by atoms with E-state index in [-0.39, 0.29) is 42.8 Å². The number of benzene rings is 2. The Morgan fingerprint density at radius 3 is 2.27 bits per heavy atom. The number of amides is 4. The lowest BCUT2D eigenvalue weighted by molar-refractivity contribution is -0.136. The molecule has 6 aliphatic rings. The number of alkyl halides is 2. The van der Waals surface area contributed by atoms with Crippen LogP contribution < -0.4 is 10.2 Å². The van der Waals surface area contributed by atoms with Gasteiger partial charge in [-0.2, -0.15) is 0 Å². The third kappa shape index (κ3) is 5.82. The molecule has 2 aromatic carbocycles. The molecule has 290 valence electrons. The van der Waals surface area contributed by atoms with E-state index in [1.807, 2.05) is 54.5 Å². The molecule has 1 aliphatic carbocycles. The van der Waals surface area contributed by atoms with Crippen LogP contribution in [0.5, 0.6) is 0 Å². The van der Waals surface area contributed by atoms with Crippen molar-refractivity contribution in [2.75, 3.05) is 31.1 Å². The van der Waals surface area contributed by atoms with Crippen molar-refractivity contribution in [3.63, 3.8) is 0 Å². The van der Waals surface area contributed by atoms with Gasteiger partial charge in [0.15, 0.2) is 0 Å². The minimum atomic E-state index is -2.45. The Bertz CT molecular complexity index is 2230. The third-order valence-electron chi connectivity index (χ3n) is 13.4. The second kappa shape index (κ2) is 13.3. The minimum absolute atomic E-state index is 0.0661. The quantitative estimate of drug-likeness (QED) is 0.251. The highest BCUT2D eigenvalue weighted by Gasteiger charge is 2.48. The van der Waals surface area contributed by atoms with Crippen LogP contribution in [0.1, 0.15) is 100 Å². The lowest BCUT2D eigenvalue weighted by Gasteiger charge is -2.53. The van der Waals surface area contributed by atoms with Crippen molar-refractivity contribution in [2.24, 2.45) is 11.3 Å². The van der Waals surface area contributed by atoms with Gasteiger partial charge in [0, 0.05) is 85.2 Å². The number of carbonyl (C=O) groups excluding carboxylic acids is 4. The molecule has 4 amide bonds. The summed E-state index contributed by atoms with van der Waals surface area (Å²) in [6.07, 6.45) is 6.65. The summed E-state index contributed by atoms with van der Waals surface area (Å²) in [6.45, 7) is 5.89. The Morgan fingerprint density at radius 2 is 1.61 bits per heavy atom. The number of imide groups is 2. The molecule has 12 nitrogen and oxygen atoms in total. The Balaban J connectivity index is 0.753. The van der Waals surface area contributed by atoms with Crippen LogP contribution >= 0.6 is 0 Å². The van der Waals surface area contributed by atoms with Gasteiger partial charge >= 0.3 is 0 Å². The molecule has 0 radical (unpaired) electrons. The monoisotopic (exact) mass is 762 g/mol. The Labute approximate surface area is 322 Å². The molecule has 2 aromatic heterocycles. The smallest absolute Gasteiger partial charge is 0.262 e. The van der Waals surface area contributed by atoms with E-state index in [1.165, 1.54) is 5.56 Å². The molecule has 3 atom stereocenters. The Morgan fingerprint density at radius 1 is 0.929 bits per heavy atom. The van der Waals surface area contributed by atoms with Crippen LogP contribution in [0.2, 0.25) is 0 Å². The highest BCUT2D eigenvalue weighted by Crippen LogP contribution is 2.47. The summed E-state index contributed by atoms with van der Waals surface area (Å²) in [6, 6.07) is 10.4. The number of hydrogen-bond acceptors (Lipinski definition) is 9. The number of carbonyl (C=O) groups is 4. The first-order chi connectivity index (χ1) is 27.0. The van der Waals surface area contributed by atoms with E-state index >= 15 is 0 Å². The van der Waals surface area contributed by atoms with E-state index < -0.39 is 30.2 Å². The maximum absolute atomic E-state index is 13.9. The van der Waals surface area contributed by atoms with Crippen molar-refractivity contribution >= 4 is 40.5 Å². The number of rotatable bonds is 7. The molecule has 56 heavy (non-hydrogen) atoms. The highest BCUT2D eigenvalue weighted by molar-refractivity contribution is 6.23. The largest absolute Gasteiger partial charge is 0.357 e. The molecule has 2 N–H and O–H groups in total. The fraction of sp³-hybridized carbons (Fsp3) is 0.476. The van der Waals surface area contributed by atoms with Crippen LogP contribution in [-0.2, 0) is 29.1 Å². The second-order valence-electron chi connectivity index (χ2n) is 17.0. The molecule has 1 saturated carbocycles. The zero-order valence-electron chi connectivity index (χ0n) is 31.3. The molecule has 0 bridgehead atoms. The van der Waals surface area contributed by atoms with E-state index in [0.717, 1.165) is 83.5 Å². The first-order valence-corrected chi connectivity index (χ1v) is 19.8. The van der Waals surface area contributed by atoms with Crippen molar-refractivity contribution < 1.29 is 28.0 Å². The van der Waals surface area contributed by atoms with E-state index in [1.54, 1.807) is 0 Å². The third-order valence-corrected chi connectivity index (χ3v) is 13.4. The van der Waals surface area contributed by atoms with Gasteiger partial charge in [-0.3, -0.25) is 39.2 Å². The van der Waals surface area contributed by atoms with E-state index in [0.29, 0.717) is 42.5 Å². The van der Waals surface area contributed by atoms with Gasteiger partial charge in [-0.1, -0.05) is 18.2 Å². The number of nitrogens with one attached hydrogen (secondary N) is 2. The molecule has 14 heteroatoms. The predicted octanol–water partition coefficient (Wildman–Crippen LogP) is 4.97. The summed E-state index contributed by atoms with van der Waals surface area (Å²) in [7, 11) is 0. The lowest BCUT2D eigenvalue weighted by Crippen LogP contribution is -2.58. The fourth-order valence-corrected chi connectivity index (χ4v) is 10.6. The number of halogens is 2. The van der Waals surface area contributed by atoms with Crippen molar-refractivity contribution in [3.05, 3.63) is 87.9 Å². The number of nitrogens with zero attached hydrogens (tertiary/aromatic N) is 6. The molecule has 1 unspecified atom stereocenters. The number of fused-ring (bicyclic) bond motifs is 5. The summed E-state index contributed by atoms with van der Waals surface area (Å²) in [5.41, 5.74) is 6.97. The molecule has 1 spiro atoms. The lowest BCUT2D eigenvalue weighted by atomic mass is 9.66. The van der Waals surface area contributed by atoms with Gasteiger partial charge < -0.3 is 9.88 Å². The first-order valence-electron chi connectivity index (χ1n) is 19.8. The van der Waals surface area contributed by atoms with Crippen LogP contribution in [-0.4, -0.2) is 98.0 Å². The zero-order valence-corrected chi connectivity index (χ0v) is 31.3. The fourth-order valence-electron chi connectivity index (χ4n) is 10.6. The standard InChI is InChI=1S/C42H44F2N8O4/c1-23-12-29-28-4-2-3-5-32(28)47-36(29)37(51(23)20-34(43)44)27-15-45-41(46-16-27)50-21-42(22-50)10-8-24(9-11-42)17-49-18-25-13-30-31(14-26(25)19-49)40(56)52(39(30)55)33-6-7-35(53)48-38(33)54/h2-5,13-16,23-24,33-34,37,47H,6-12,17-22H2,1H3,(H,48,53,54)/t23-,33?,37-/m1/s1. The van der Waals surface area contributed by atoms with Crippen molar-refractivity contribution in [1.82, 2.24) is 35.0 Å². The van der Waals surface area contributed by atoms with Gasteiger partial charge in [0.05, 0.1) is 23.7 Å². The van der Waals surface area contributed by atoms with Crippen molar-refractivity contribution in [2.45, 2.75) is 89.5 Å². The summed E-state index contributed by atoms with van der Waals surface area (Å²) in [5.74, 6) is -0.676. The number of aromatic amines is 1. The highest BCUT2D eigenvalue weighted by atomic mass is 19.3. The number of H-pyrrole nitrogens is 1. The summed E-state index contributed by atoms with van der Waals surface area (Å²) in [5, 5.41) is 3.39. The molecular weight excluding hydrogens is 719 g/mol. The minimum Gasteiger partial charge on any atom is -0.357 e. The van der Waals surface area contributed by atoms with Gasteiger partial charge in [0.1, 0.15) is 6.04 Å². The van der Waals surface area contributed by atoms with Gasteiger partial charge in [-0.05, 0) is 86.3 Å². The maximum Gasteiger partial charge on any atom is 0.262 e. The molecule has 7 heterocycles. The summed E-state index contributed by atoms with van der Waals surface area (Å²) in [4.78, 5) is 71.4. The number of anilines is 1. The Kier molecular flexibility index (Phi) is 8.37. The number of para-hydroxylation sites is 1. The van der Waals surface area contributed by atoms with E-state index in [4.69, 9.17) is 9.97 Å². The van der Waals surface area contributed by atoms with Crippen LogP contribution in [0, 0.1) is 11.3 Å². The van der Waals surface area contributed by atoms with Crippen LogP contribution in [0.25, 0.3) is 10.9 Å². The first kappa shape index (κ1) is 35.3. The second-order valence-corrected chi connectivity index (χ2v) is 17.0. The van der Waals surface area contributed by atoms with Gasteiger partial charge in [0.25, 0.3) is 18.2 Å². The normalized spacial score (nSPS) is 25.2. The Hall–Kier alpha value is -5.08. The molecule has 5 aliphatic heterocycles. The average Bonchev–Trinajstić information content (AvgIpc) is 3.81. The number of piperidine rings is 1. The number of aromatic nitrogens is 3. The predicted molar refractivity (Wildman–Crippen MR) is 202 cm³/mol. The van der Waals surface area contributed by atoms with Crippen molar-refractivity contribution in [3.8, 4) is 0 Å². The SMILES string of the molecule is C[C@@H]1Cc2c([nH]c3ccccc23)[C@@H](c2cnc(N3CC4(CCC(CN5Cc6cc7c(cc6C5)C(=O)N(C5CCC(=O)NC5=O)C7=O)CC4)C3)nc2)N1CC(F)F. The summed E-state index contributed by atoms with van der Waals surface area (Å²) < 4.78 is 27.7. The van der Waals surface area contributed by atoms with Gasteiger partial charge in [-0.15, -0.1) is 0 Å². The molecule has 4 aromatic rings. The molecule has 2 saturated heterocycles. The van der Waals surface area contributed by atoms with Crippen LogP contribution in [0.4, 0.5) is 14.7 Å². The maximum atomic E-state index is 13.9. The topological polar surface area (TPSA) is 135 Å². The van der Waals surface area contributed by atoms with E-state index in [9.17, 15) is 28.0 Å². The molecular formula is C42H44F2N8O4. The van der Waals surface area contributed by atoms with Crippen molar-refractivity contribution in [1.29, 1.82) is 0 Å². The van der Waals surface area contributed by atoms with Gasteiger partial charge in [0.2, 0.25) is 17.8 Å².